The molecule has 0 atom stereocenters. The average molecular weight is 159 g/mol. The van der Waals surface area contributed by atoms with E-state index in [4.69, 9.17) is 0 Å². The number of nitrogens with zero attached hydrogens (tertiary/aromatic N) is 2. The number of ether oxygens (including phenoxy) is 1. The summed E-state index contributed by atoms with van der Waals surface area (Å²) in [6, 6.07) is 0. The summed E-state index contributed by atoms with van der Waals surface area (Å²) < 4.78 is 4.38. The zero-order chi connectivity index (χ0) is 8.85. The van der Waals surface area contributed by atoms with Crippen LogP contribution in [0.25, 0.3) is 0 Å². The van der Waals surface area contributed by atoms with E-state index in [2.05, 4.69) is 15.0 Å². The van der Waals surface area contributed by atoms with Crippen molar-refractivity contribution >= 4 is 12.1 Å². The number of amides is 1. The fourth-order valence-electron chi connectivity index (χ4n) is 0.510. The van der Waals surface area contributed by atoms with Crippen molar-refractivity contribution in [2.75, 3.05) is 28.3 Å². The Bertz CT molecular complexity index is 165. The quantitative estimate of drug-likeness (QED) is 0.396. The number of carbonyl (C=O) groups is 1. The Labute approximate surface area is 66.0 Å². The molecule has 0 unspecified atom stereocenters. The van der Waals surface area contributed by atoms with E-state index in [0.717, 1.165) is 0 Å². The second kappa shape index (κ2) is 4.54. The van der Waals surface area contributed by atoms with Gasteiger partial charge in [0, 0.05) is 21.1 Å². The van der Waals surface area contributed by atoms with E-state index >= 15 is 0 Å². The number of aliphatic imine (C=N–C) groups is 1. The molecule has 0 aromatic heterocycles. The number of nitrogens with one attached hydrogen (secondary N) is 1. The highest BCUT2D eigenvalue weighted by Gasteiger charge is 2.04. The summed E-state index contributed by atoms with van der Waals surface area (Å²) in [4.78, 5) is 16.1. The molecule has 0 rings (SSSR count). The summed E-state index contributed by atoms with van der Waals surface area (Å²) in [6.45, 7) is 0. The van der Waals surface area contributed by atoms with E-state index in [1.807, 2.05) is 0 Å². The van der Waals surface area contributed by atoms with Crippen LogP contribution >= 0.6 is 0 Å². The third-order valence-corrected chi connectivity index (χ3v) is 1.03. The van der Waals surface area contributed by atoms with Crippen molar-refractivity contribution in [2.45, 2.75) is 0 Å². The van der Waals surface area contributed by atoms with Gasteiger partial charge in [-0.1, -0.05) is 0 Å². The Morgan fingerprint density at radius 1 is 1.55 bits per heavy atom. The van der Waals surface area contributed by atoms with Gasteiger partial charge in [0.1, 0.15) is 0 Å². The molecule has 5 nitrogen and oxygen atoms in total. The van der Waals surface area contributed by atoms with Gasteiger partial charge in [-0.2, -0.15) is 0 Å². The van der Waals surface area contributed by atoms with Crippen molar-refractivity contribution in [3.8, 4) is 0 Å². The van der Waals surface area contributed by atoms with Gasteiger partial charge in [-0.05, 0) is 0 Å². The van der Waals surface area contributed by atoms with Crippen LogP contribution in [0, 0.1) is 0 Å². The first-order valence-corrected chi connectivity index (χ1v) is 3.11. The Kier molecular flexibility index (Phi) is 4.02. The minimum Gasteiger partial charge on any atom is -0.453 e. The van der Waals surface area contributed by atoms with Crippen LogP contribution in [0.4, 0.5) is 4.79 Å². The first-order valence-electron chi connectivity index (χ1n) is 3.11. The predicted molar refractivity (Wildman–Crippen MR) is 42.6 cm³/mol. The number of methoxy groups -OCH3 is 1. The van der Waals surface area contributed by atoms with Crippen molar-refractivity contribution in [2.24, 2.45) is 4.99 Å². The van der Waals surface area contributed by atoms with Crippen molar-refractivity contribution in [3.63, 3.8) is 0 Å². The minimum atomic E-state index is -0.515. The molecule has 0 saturated carbocycles. The second-order valence-electron chi connectivity index (χ2n) is 2.06. The van der Waals surface area contributed by atoms with Gasteiger partial charge >= 0.3 is 6.09 Å². The van der Waals surface area contributed by atoms with Crippen molar-refractivity contribution in [1.29, 1.82) is 0 Å². The number of guanidine groups is 1. The second-order valence-corrected chi connectivity index (χ2v) is 2.06. The molecule has 0 spiro atoms. The zero-order valence-electron chi connectivity index (χ0n) is 7.21. The molecule has 0 aliphatic rings. The van der Waals surface area contributed by atoms with E-state index in [1.54, 1.807) is 26.0 Å². The van der Waals surface area contributed by atoms with E-state index in [-0.39, 0.29) is 0 Å². The normalized spacial score (nSPS) is 10.7. The molecule has 0 heterocycles. The number of carbonyl (C=O) groups excluding carboxylic acids is 1. The standard InChI is InChI=1S/C6H13N3O2/c1-7-5(9(2)3)8-6(10)11-4/h1-4H3,(H,7,8,10). The molecule has 0 fully saturated rings. The van der Waals surface area contributed by atoms with E-state index in [9.17, 15) is 4.79 Å². The summed E-state index contributed by atoms with van der Waals surface area (Å²) in [5.41, 5.74) is 0. The summed E-state index contributed by atoms with van der Waals surface area (Å²) >= 11 is 0. The van der Waals surface area contributed by atoms with Gasteiger partial charge in [0.15, 0.2) is 0 Å². The number of hydrogen-bond donors (Lipinski definition) is 1. The van der Waals surface area contributed by atoms with Gasteiger partial charge in [0.05, 0.1) is 7.11 Å². The van der Waals surface area contributed by atoms with Crippen LogP contribution < -0.4 is 5.32 Å². The van der Waals surface area contributed by atoms with Gasteiger partial charge in [-0.25, -0.2) is 4.79 Å². The molecule has 0 aliphatic carbocycles. The van der Waals surface area contributed by atoms with Crippen LogP contribution in [0.1, 0.15) is 0 Å². The van der Waals surface area contributed by atoms with Gasteiger partial charge in [0.25, 0.3) is 0 Å². The lowest BCUT2D eigenvalue weighted by Crippen LogP contribution is -2.39. The molecule has 0 aliphatic heterocycles. The lowest BCUT2D eigenvalue weighted by molar-refractivity contribution is 0.176. The molecule has 0 aromatic carbocycles. The fourth-order valence-corrected chi connectivity index (χ4v) is 0.510. The molecule has 11 heavy (non-hydrogen) atoms. The van der Waals surface area contributed by atoms with Crippen LogP contribution in [0.5, 0.6) is 0 Å². The number of hydrogen-bond acceptors (Lipinski definition) is 3. The summed E-state index contributed by atoms with van der Waals surface area (Å²) in [5, 5.41) is 2.43. The third-order valence-electron chi connectivity index (χ3n) is 1.03. The zero-order valence-corrected chi connectivity index (χ0v) is 7.21. The molecule has 0 bridgehead atoms. The monoisotopic (exact) mass is 159 g/mol. The highest BCUT2D eigenvalue weighted by molar-refractivity contribution is 5.93. The van der Waals surface area contributed by atoms with Gasteiger partial charge in [-0.15, -0.1) is 0 Å². The van der Waals surface area contributed by atoms with E-state index < -0.39 is 6.09 Å². The lowest BCUT2D eigenvalue weighted by atomic mass is 10.8. The lowest BCUT2D eigenvalue weighted by Gasteiger charge is -2.14. The third kappa shape index (κ3) is 3.44. The average Bonchev–Trinajstić information content (AvgIpc) is 1.99. The molecule has 0 radical (unpaired) electrons. The van der Waals surface area contributed by atoms with Gasteiger partial charge in [0.2, 0.25) is 5.96 Å². The minimum absolute atomic E-state index is 0.469. The maximum absolute atomic E-state index is 10.6. The van der Waals surface area contributed by atoms with Crippen LogP contribution in [0.15, 0.2) is 4.99 Å². The molecular weight excluding hydrogens is 146 g/mol. The SMILES string of the molecule is CN=C(NC(=O)OC)N(C)C. The van der Waals surface area contributed by atoms with Crippen molar-refractivity contribution in [3.05, 3.63) is 0 Å². The summed E-state index contributed by atoms with van der Waals surface area (Å²) in [5.74, 6) is 0.469. The maximum atomic E-state index is 10.6. The Morgan fingerprint density at radius 3 is 2.36 bits per heavy atom. The Morgan fingerprint density at radius 2 is 2.09 bits per heavy atom. The van der Waals surface area contributed by atoms with Gasteiger partial charge in [-0.3, -0.25) is 10.3 Å². The molecule has 0 aromatic rings. The van der Waals surface area contributed by atoms with Crippen LogP contribution in [0.3, 0.4) is 0 Å². The number of alkyl carbamates (subject to hydrolysis) is 1. The fraction of sp³-hybridized carbons (Fsp3) is 0.667. The Balaban J connectivity index is 4.00. The first-order chi connectivity index (χ1) is 5.11. The molecule has 0 saturated heterocycles. The highest BCUT2D eigenvalue weighted by Crippen LogP contribution is 1.79. The van der Waals surface area contributed by atoms with Crippen molar-refractivity contribution in [1.82, 2.24) is 10.2 Å². The molecule has 5 heteroatoms. The largest absolute Gasteiger partial charge is 0.453 e. The molecule has 64 valence electrons. The number of rotatable bonds is 0. The molecule has 1 amide bonds. The summed E-state index contributed by atoms with van der Waals surface area (Å²) in [6.07, 6.45) is -0.515. The van der Waals surface area contributed by atoms with E-state index in [0.29, 0.717) is 5.96 Å². The molecule has 1 N–H and O–H groups in total. The van der Waals surface area contributed by atoms with Gasteiger partial charge < -0.3 is 9.64 Å². The molecular formula is C6H13N3O2. The summed E-state index contributed by atoms with van der Waals surface area (Å²) in [7, 11) is 6.44. The maximum Gasteiger partial charge on any atom is 0.413 e. The van der Waals surface area contributed by atoms with Crippen molar-refractivity contribution < 1.29 is 9.53 Å². The predicted octanol–water partition coefficient (Wildman–Crippen LogP) is -0.110. The van der Waals surface area contributed by atoms with Crippen LogP contribution in [0.2, 0.25) is 0 Å². The smallest absolute Gasteiger partial charge is 0.413 e. The highest BCUT2D eigenvalue weighted by atomic mass is 16.5. The van der Waals surface area contributed by atoms with Crippen LogP contribution in [-0.2, 0) is 4.74 Å². The van der Waals surface area contributed by atoms with Crippen LogP contribution in [-0.4, -0.2) is 45.2 Å². The Hall–Kier alpha value is -1.26. The van der Waals surface area contributed by atoms with E-state index in [1.165, 1.54) is 7.11 Å². The first kappa shape index (κ1) is 9.74. The topological polar surface area (TPSA) is 53.9 Å².